The average Bonchev–Trinajstić information content (AvgIpc) is 2.16. The van der Waals surface area contributed by atoms with Crippen molar-refractivity contribution in [3.63, 3.8) is 0 Å². The summed E-state index contributed by atoms with van der Waals surface area (Å²) in [5.41, 5.74) is 6.14. The first-order valence-corrected chi connectivity index (χ1v) is 4.64. The van der Waals surface area contributed by atoms with Gasteiger partial charge < -0.3 is 15.6 Å². The van der Waals surface area contributed by atoms with Crippen molar-refractivity contribution >= 4 is 0 Å². The molecule has 3 nitrogen and oxygen atoms in total. The maximum Gasteiger partial charge on any atom is 0.573 e. The van der Waals surface area contributed by atoms with Crippen molar-refractivity contribution in [3.05, 3.63) is 29.8 Å². The highest BCUT2D eigenvalue weighted by Gasteiger charge is 2.31. The highest BCUT2D eigenvalue weighted by Crippen LogP contribution is 2.25. The summed E-state index contributed by atoms with van der Waals surface area (Å²) < 4.78 is 39.5. The lowest BCUT2D eigenvalue weighted by molar-refractivity contribution is -0.274. The molecule has 0 saturated carbocycles. The summed E-state index contributed by atoms with van der Waals surface area (Å²) in [4.78, 5) is 0. The molecule has 1 rings (SSSR count). The van der Waals surface area contributed by atoms with Crippen molar-refractivity contribution in [1.82, 2.24) is 0 Å². The van der Waals surface area contributed by atoms with E-state index in [0.717, 1.165) is 0 Å². The van der Waals surface area contributed by atoms with E-state index in [9.17, 15) is 13.2 Å². The summed E-state index contributed by atoms with van der Waals surface area (Å²) in [6, 6.07) is 4.93. The standard InChI is InChI=1S/C10H12F3NO2/c11-10(12,13)16-8-3-1-2-7(6-8)9(14)4-5-15/h1-3,6,9,15H,4-5,14H2. The number of aliphatic hydroxyl groups excluding tert-OH is 1. The van der Waals surface area contributed by atoms with E-state index in [1.807, 2.05) is 0 Å². The van der Waals surface area contributed by atoms with Crippen LogP contribution in [0.4, 0.5) is 13.2 Å². The predicted octanol–water partition coefficient (Wildman–Crippen LogP) is 1.97. The predicted molar refractivity (Wildman–Crippen MR) is 51.8 cm³/mol. The number of rotatable bonds is 4. The van der Waals surface area contributed by atoms with Crippen LogP contribution in [-0.4, -0.2) is 18.1 Å². The zero-order valence-corrected chi connectivity index (χ0v) is 8.37. The molecule has 1 atom stereocenters. The number of nitrogens with two attached hydrogens (primary N) is 1. The van der Waals surface area contributed by atoms with Crippen molar-refractivity contribution in [3.8, 4) is 5.75 Å². The van der Waals surface area contributed by atoms with E-state index < -0.39 is 12.4 Å². The Morgan fingerprint density at radius 2 is 2.06 bits per heavy atom. The van der Waals surface area contributed by atoms with Crippen molar-refractivity contribution in [2.45, 2.75) is 18.8 Å². The largest absolute Gasteiger partial charge is 0.573 e. The zero-order chi connectivity index (χ0) is 12.2. The molecule has 0 spiro atoms. The fourth-order valence-corrected chi connectivity index (χ4v) is 1.25. The first kappa shape index (κ1) is 12.8. The normalized spacial score (nSPS) is 13.6. The van der Waals surface area contributed by atoms with Crippen LogP contribution in [0.5, 0.6) is 5.75 Å². The third-order valence-corrected chi connectivity index (χ3v) is 1.96. The molecule has 1 aromatic carbocycles. The molecule has 3 N–H and O–H groups in total. The minimum atomic E-state index is -4.71. The van der Waals surface area contributed by atoms with Gasteiger partial charge in [0.2, 0.25) is 0 Å². The molecule has 0 radical (unpaired) electrons. The van der Waals surface area contributed by atoms with E-state index >= 15 is 0 Å². The molecule has 0 aromatic heterocycles. The maximum absolute atomic E-state index is 11.9. The lowest BCUT2D eigenvalue weighted by Crippen LogP contribution is -2.18. The summed E-state index contributed by atoms with van der Waals surface area (Å²) in [6.45, 7) is -0.120. The Hall–Kier alpha value is -1.27. The monoisotopic (exact) mass is 235 g/mol. The fourth-order valence-electron chi connectivity index (χ4n) is 1.25. The van der Waals surface area contributed by atoms with Crippen LogP contribution >= 0.6 is 0 Å². The number of hydrogen-bond acceptors (Lipinski definition) is 3. The van der Waals surface area contributed by atoms with Gasteiger partial charge in [-0.15, -0.1) is 13.2 Å². The number of alkyl halides is 3. The van der Waals surface area contributed by atoms with Gasteiger partial charge in [0.15, 0.2) is 0 Å². The molecular weight excluding hydrogens is 223 g/mol. The van der Waals surface area contributed by atoms with Gasteiger partial charge in [-0.3, -0.25) is 0 Å². The third-order valence-electron chi connectivity index (χ3n) is 1.96. The van der Waals surface area contributed by atoms with Gasteiger partial charge >= 0.3 is 6.36 Å². The molecule has 0 amide bonds. The van der Waals surface area contributed by atoms with Crippen molar-refractivity contribution < 1.29 is 23.0 Å². The van der Waals surface area contributed by atoms with E-state index in [2.05, 4.69) is 4.74 Å². The number of aliphatic hydroxyl groups is 1. The first-order chi connectivity index (χ1) is 7.42. The van der Waals surface area contributed by atoms with E-state index in [1.54, 1.807) is 6.07 Å². The molecule has 0 heterocycles. The lowest BCUT2D eigenvalue weighted by atomic mass is 10.1. The average molecular weight is 235 g/mol. The number of benzene rings is 1. The molecule has 0 aliphatic heterocycles. The zero-order valence-electron chi connectivity index (χ0n) is 8.37. The molecule has 6 heteroatoms. The summed E-state index contributed by atoms with van der Waals surface area (Å²) >= 11 is 0. The van der Waals surface area contributed by atoms with Crippen LogP contribution in [0.25, 0.3) is 0 Å². The molecule has 1 aromatic rings. The van der Waals surface area contributed by atoms with E-state index in [-0.39, 0.29) is 18.8 Å². The van der Waals surface area contributed by atoms with Gasteiger partial charge in [-0.25, -0.2) is 0 Å². The molecule has 0 aliphatic rings. The second-order valence-electron chi connectivity index (χ2n) is 3.24. The second kappa shape index (κ2) is 5.18. The van der Waals surface area contributed by atoms with E-state index in [4.69, 9.17) is 10.8 Å². The molecule has 0 saturated heterocycles. The minimum absolute atomic E-state index is 0.120. The fraction of sp³-hybridized carbons (Fsp3) is 0.400. The summed E-state index contributed by atoms with van der Waals surface area (Å²) in [5, 5.41) is 8.66. The molecule has 1 unspecified atom stereocenters. The van der Waals surface area contributed by atoms with Crippen LogP contribution in [0.2, 0.25) is 0 Å². The topological polar surface area (TPSA) is 55.5 Å². The molecule has 90 valence electrons. The van der Waals surface area contributed by atoms with Gasteiger partial charge in [-0.2, -0.15) is 0 Å². The Bertz CT molecular complexity index is 341. The van der Waals surface area contributed by atoms with E-state index in [0.29, 0.717) is 5.56 Å². The Kier molecular flexibility index (Phi) is 4.14. The molecular formula is C10H12F3NO2. The summed E-state index contributed by atoms with van der Waals surface area (Å²) in [7, 11) is 0. The van der Waals surface area contributed by atoms with Crippen molar-refractivity contribution in [1.29, 1.82) is 0 Å². The van der Waals surface area contributed by atoms with Crippen LogP contribution in [-0.2, 0) is 0 Å². The van der Waals surface area contributed by atoms with Gasteiger partial charge in [0.1, 0.15) is 5.75 Å². The Balaban J connectivity index is 2.78. The molecule has 0 bridgehead atoms. The molecule has 0 aliphatic carbocycles. The Labute approximate surface area is 90.6 Å². The Morgan fingerprint density at radius 1 is 1.38 bits per heavy atom. The number of hydrogen-bond donors (Lipinski definition) is 2. The van der Waals surface area contributed by atoms with Gasteiger partial charge in [0.25, 0.3) is 0 Å². The lowest BCUT2D eigenvalue weighted by Gasteiger charge is -2.13. The Morgan fingerprint density at radius 3 is 2.62 bits per heavy atom. The van der Waals surface area contributed by atoms with Gasteiger partial charge in [-0.05, 0) is 24.1 Å². The number of ether oxygens (including phenoxy) is 1. The second-order valence-corrected chi connectivity index (χ2v) is 3.24. The maximum atomic E-state index is 11.9. The summed E-state index contributed by atoms with van der Waals surface area (Å²) in [5.74, 6) is -0.307. The molecule has 0 fully saturated rings. The van der Waals surface area contributed by atoms with Crippen molar-refractivity contribution in [2.24, 2.45) is 5.73 Å². The quantitative estimate of drug-likeness (QED) is 0.838. The van der Waals surface area contributed by atoms with Crippen LogP contribution in [0.15, 0.2) is 24.3 Å². The number of halogens is 3. The first-order valence-electron chi connectivity index (χ1n) is 4.64. The van der Waals surface area contributed by atoms with Gasteiger partial charge in [0.05, 0.1) is 0 Å². The highest BCUT2D eigenvalue weighted by atomic mass is 19.4. The van der Waals surface area contributed by atoms with Crippen LogP contribution in [0.1, 0.15) is 18.0 Å². The van der Waals surface area contributed by atoms with Crippen LogP contribution < -0.4 is 10.5 Å². The smallest absolute Gasteiger partial charge is 0.406 e. The van der Waals surface area contributed by atoms with Crippen LogP contribution in [0, 0.1) is 0 Å². The SMILES string of the molecule is NC(CCO)c1cccc(OC(F)(F)F)c1. The van der Waals surface area contributed by atoms with Crippen molar-refractivity contribution in [2.75, 3.05) is 6.61 Å². The van der Waals surface area contributed by atoms with Gasteiger partial charge in [0, 0.05) is 12.6 Å². The van der Waals surface area contributed by atoms with E-state index in [1.165, 1.54) is 18.2 Å². The minimum Gasteiger partial charge on any atom is -0.406 e. The van der Waals surface area contributed by atoms with Gasteiger partial charge in [-0.1, -0.05) is 12.1 Å². The highest BCUT2D eigenvalue weighted by molar-refractivity contribution is 5.30. The molecule has 16 heavy (non-hydrogen) atoms. The third kappa shape index (κ3) is 4.08. The summed E-state index contributed by atoms with van der Waals surface area (Å²) in [6.07, 6.45) is -4.42. The van der Waals surface area contributed by atoms with Crippen LogP contribution in [0.3, 0.4) is 0 Å².